The van der Waals surface area contributed by atoms with Crippen LogP contribution < -0.4 is 0 Å². The third kappa shape index (κ3) is 0.228. The van der Waals surface area contributed by atoms with Gasteiger partial charge in [0.1, 0.15) is 0 Å². The van der Waals surface area contributed by atoms with E-state index in [4.69, 9.17) is 4.94 Å². The molecule has 0 aliphatic carbocycles. The quantitative estimate of drug-likeness (QED) is 0.326. The summed E-state index contributed by atoms with van der Waals surface area (Å²) in [7, 11) is -6.80. The largest absolute Gasteiger partial charge is 0.425 e. The fourth-order valence-corrected chi connectivity index (χ4v) is 0.375. The molecular formula is H4O2Si2. The van der Waals surface area contributed by atoms with Gasteiger partial charge in [0.15, 0.2) is 0 Å². The van der Waals surface area contributed by atoms with E-state index in [1.807, 2.05) is 0 Å². The topological polar surface area (TPSA) is 18.5 Å². The number of hydrogen-bond acceptors (Lipinski definition) is 2. The zero-order chi connectivity index (χ0) is 6.41. The van der Waals surface area contributed by atoms with Crippen LogP contribution in [0.3, 0.4) is 0 Å². The standard InChI is InChI=1S/H4O2Si2/c1-3-2-4-1/h3-4H2/i3D2,4D2. The molecule has 0 unspecified atom stereocenters. The molecule has 0 aromatic rings. The highest BCUT2D eigenvalue weighted by Gasteiger charge is 1.96. The Balaban J connectivity index is 2.42. The molecule has 1 aliphatic rings. The average molecular weight is 96.2 g/mol. The lowest BCUT2D eigenvalue weighted by Crippen LogP contribution is -2.23. The van der Waals surface area contributed by atoms with E-state index in [1.54, 1.807) is 0 Å². The third-order valence-corrected chi connectivity index (χ3v) is 1.50. The summed E-state index contributed by atoms with van der Waals surface area (Å²) in [5, 5.41) is 0. The van der Waals surface area contributed by atoms with Gasteiger partial charge in [0, 0.05) is 0 Å². The predicted octanol–water partition coefficient (Wildman–Crippen LogP) is -1.97. The van der Waals surface area contributed by atoms with Crippen LogP contribution in [0.2, 0.25) is 0 Å². The Kier molecular flexibility index (Phi) is 0.172. The van der Waals surface area contributed by atoms with Gasteiger partial charge >= 0.3 is 0 Å². The lowest BCUT2D eigenvalue weighted by atomic mass is 15.7. The van der Waals surface area contributed by atoms with Gasteiger partial charge in [-0.05, 0) is 0 Å². The Labute approximate surface area is 34.1 Å². The van der Waals surface area contributed by atoms with Crippen molar-refractivity contribution in [1.29, 1.82) is 4.94 Å². The van der Waals surface area contributed by atoms with Crippen LogP contribution in [-0.2, 0) is 8.23 Å². The van der Waals surface area contributed by atoms with E-state index < -0.39 is 19.7 Å². The first-order chi connectivity index (χ1) is 3.41. The van der Waals surface area contributed by atoms with Crippen LogP contribution in [0.15, 0.2) is 0 Å². The van der Waals surface area contributed by atoms with Crippen LogP contribution in [0.1, 0.15) is 0 Å². The van der Waals surface area contributed by atoms with Crippen LogP contribution in [0.5, 0.6) is 0 Å². The molecule has 1 fully saturated rings. The lowest BCUT2D eigenvalue weighted by molar-refractivity contribution is 0.346. The van der Waals surface area contributed by atoms with E-state index in [0.29, 0.717) is 0 Å². The maximum atomic E-state index is 6.68. The molecule has 4 heavy (non-hydrogen) atoms. The maximum Gasteiger partial charge on any atom is 0.286 e. The summed E-state index contributed by atoms with van der Waals surface area (Å²) in [5.74, 6) is 0. The molecule has 0 aromatic heterocycles. The van der Waals surface area contributed by atoms with Crippen molar-refractivity contribution in [3.8, 4) is 0 Å². The van der Waals surface area contributed by atoms with Crippen LogP contribution in [0.4, 0.5) is 0 Å². The summed E-state index contributed by atoms with van der Waals surface area (Å²) in [5.41, 5.74) is 0. The first-order valence-electron chi connectivity index (χ1n) is 2.82. The summed E-state index contributed by atoms with van der Waals surface area (Å²) >= 11 is 0. The first-order valence-corrected chi connectivity index (χ1v) is 2.45. The molecule has 1 heterocycles. The fourth-order valence-electron chi connectivity index (χ4n) is 0.0417. The van der Waals surface area contributed by atoms with Crippen LogP contribution >= 0.6 is 0 Å². The van der Waals surface area contributed by atoms with E-state index in [9.17, 15) is 0 Å². The molecule has 1 saturated heterocycles. The normalized spacial score (nSPS) is 64.0. The van der Waals surface area contributed by atoms with Crippen molar-refractivity contribution in [2.75, 3.05) is 0 Å². The predicted molar refractivity (Wildman–Crippen MR) is 19.3 cm³/mol. The molecule has 0 amide bonds. The zero-order valence-electron chi connectivity index (χ0n) is 5.82. The van der Waals surface area contributed by atoms with E-state index >= 15 is 0 Å². The van der Waals surface area contributed by atoms with Crippen LogP contribution in [0.25, 0.3) is 0 Å². The number of rotatable bonds is 0. The van der Waals surface area contributed by atoms with Gasteiger partial charge < -0.3 is 8.23 Å². The van der Waals surface area contributed by atoms with Gasteiger partial charge in [-0.25, -0.2) is 0 Å². The minimum absolute atomic E-state index is 3.40. The Morgan fingerprint density at radius 1 is 1.50 bits per heavy atom. The summed E-state index contributed by atoms with van der Waals surface area (Å²) in [4.78, 5) is 0. The Hall–Kier alpha value is 0.354. The summed E-state index contributed by atoms with van der Waals surface area (Å²) in [6, 6.07) is 0. The second kappa shape index (κ2) is 0.980. The van der Waals surface area contributed by atoms with Crippen molar-refractivity contribution in [3.05, 3.63) is 0 Å². The summed E-state index contributed by atoms with van der Waals surface area (Å²) < 4.78 is 35.2. The molecule has 0 atom stereocenters. The van der Waals surface area contributed by atoms with Gasteiger partial charge in [-0.3, -0.25) is 0 Å². The van der Waals surface area contributed by atoms with Crippen LogP contribution in [-0.4, -0.2) is 24.7 Å². The Bertz CT molecular complexity index is 88.6. The SMILES string of the molecule is [2H][Si]1([2H])O[Si]([2H])([2H])O1. The van der Waals surface area contributed by atoms with E-state index in [2.05, 4.69) is 8.23 Å². The smallest absolute Gasteiger partial charge is 0.286 e. The van der Waals surface area contributed by atoms with Crippen molar-refractivity contribution in [2.45, 2.75) is 0 Å². The highest BCUT2D eigenvalue weighted by Crippen LogP contribution is 1.78. The van der Waals surface area contributed by atoms with E-state index in [0.717, 1.165) is 0 Å². The minimum Gasteiger partial charge on any atom is -0.425 e. The van der Waals surface area contributed by atoms with Gasteiger partial charge in [-0.15, -0.1) is 0 Å². The van der Waals surface area contributed by atoms with Gasteiger partial charge in [0.25, 0.3) is 19.7 Å². The van der Waals surface area contributed by atoms with Crippen molar-refractivity contribution in [3.63, 3.8) is 0 Å². The van der Waals surface area contributed by atoms with Gasteiger partial charge in [0.05, 0.1) is 4.94 Å². The molecule has 0 aromatic carbocycles. The van der Waals surface area contributed by atoms with Crippen molar-refractivity contribution >= 4 is 19.7 Å². The molecule has 1 aliphatic heterocycles. The van der Waals surface area contributed by atoms with Crippen LogP contribution in [0, 0.1) is 0 Å². The molecule has 0 bridgehead atoms. The second-order valence-corrected chi connectivity index (χ2v) is 2.34. The van der Waals surface area contributed by atoms with Crippen molar-refractivity contribution < 1.29 is 8.23 Å². The molecule has 0 spiro atoms. The van der Waals surface area contributed by atoms with Crippen molar-refractivity contribution in [2.24, 2.45) is 0 Å². The van der Waals surface area contributed by atoms with Gasteiger partial charge in [-0.2, -0.15) is 0 Å². The Morgan fingerprint density at radius 3 is 2.00 bits per heavy atom. The Morgan fingerprint density at radius 2 is 2.00 bits per heavy atom. The lowest BCUT2D eigenvalue weighted by Gasteiger charge is -2.10. The molecule has 0 N–H and O–H groups in total. The molecule has 0 saturated carbocycles. The van der Waals surface area contributed by atoms with E-state index in [-0.39, 0.29) is 0 Å². The zero-order valence-corrected chi connectivity index (χ0v) is 3.82. The monoisotopic (exact) mass is 96.0 g/mol. The average Bonchev–Trinajstić information content (AvgIpc) is 1.20. The van der Waals surface area contributed by atoms with Gasteiger partial charge in [-0.1, -0.05) is 0 Å². The minimum atomic E-state index is -3.40. The molecule has 1 rings (SSSR count). The molecule has 0 radical (unpaired) electrons. The van der Waals surface area contributed by atoms with Gasteiger partial charge in [0.2, 0.25) is 0 Å². The molecular weight excluding hydrogens is 88.2 g/mol. The highest BCUT2D eigenvalue weighted by molar-refractivity contribution is 6.49. The molecule has 24 valence electrons. The van der Waals surface area contributed by atoms with Crippen molar-refractivity contribution in [1.82, 2.24) is 0 Å². The summed E-state index contributed by atoms with van der Waals surface area (Å²) in [6.45, 7) is 0. The fraction of sp³-hybridized carbons (Fsp3) is 0. The number of hydrogen-bond donors (Lipinski definition) is 0. The maximum absolute atomic E-state index is 6.68. The van der Waals surface area contributed by atoms with E-state index in [1.165, 1.54) is 0 Å². The third-order valence-electron chi connectivity index (χ3n) is 0.167. The molecule has 2 nitrogen and oxygen atoms in total. The first kappa shape index (κ1) is 0.702. The second-order valence-electron chi connectivity index (χ2n) is 0.371. The molecule has 4 heteroatoms. The summed E-state index contributed by atoms with van der Waals surface area (Å²) in [6.07, 6.45) is 0. The highest BCUT2D eigenvalue weighted by atomic mass is 28.4.